The van der Waals surface area contributed by atoms with Gasteiger partial charge < -0.3 is 20.3 Å². The van der Waals surface area contributed by atoms with Crippen molar-refractivity contribution in [2.45, 2.75) is 36.8 Å². The van der Waals surface area contributed by atoms with E-state index in [1.54, 1.807) is 11.8 Å². The van der Waals surface area contributed by atoms with E-state index in [9.17, 15) is 5.11 Å². The Bertz CT molecular complexity index is 669. The topological polar surface area (TPSA) is 64.2 Å². The number of aliphatic hydroxyl groups is 1. The van der Waals surface area contributed by atoms with Gasteiger partial charge in [-0.25, -0.2) is 4.98 Å². The Balaban J connectivity index is 1.82. The van der Waals surface area contributed by atoms with E-state index in [0.29, 0.717) is 5.25 Å². The number of piperazine rings is 1. The van der Waals surface area contributed by atoms with Gasteiger partial charge in [0, 0.05) is 31.4 Å². The molecule has 23 heavy (non-hydrogen) atoms. The van der Waals surface area contributed by atoms with Crippen LogP contribution in [0.4, 0.5) is 5.69 Å². The van der Waals surface area contributed by atoms with Crippen LogP contribution in [0.1, 0.15) is 20.3 Å². The van der Waals surface area contributed by atoms with Crippen molar-refractivity contribution in [2.75, 3.05) is 31.1 Å². The summed E-state index contributed by atoms with van der Waals surface area (Å²) >= 11 is 8.12. The van der Waals surface area contributed by atoms with Crippen LogP contribution in [-0.4, -0.2) is 52.6 Å². The first kappa shape index (κ1) is 16.9. The van der Waals surface area contributed by atoms with Gasteiger partial charge in [0.15, 0.2) is 5.16 Å². The number of fused-ring (bicyclic) bond motifs is 1. The highest BCUT2D eigenvalue weighted by atomic mass is 35.5. The zero-order chi connectivity index (χ0) is 16.4. The average molecular weight is 355 g/mol. The predicted octanol–water partition coefficient (Wildman–Crippen LogP) is 2.88. The van der Waals surface area contributed by atoms with E-state index < -0.39 is 0 Å². The molecule has 2 heterocycles. The molecule has 0 unspecified atom stereocenters. The van der Waals surface area contributed by atoms with Gasteiger partial charge in [-0.3, -0.25) is 0 Å². The molecule has 1 aromatic heterocycles. The van der Waals surface area contributed by atoms with Crippen molar-refractivity contribution in [1.29, 1.82) is 0 Å². The molecule has 0 amide bonds. The van der Waals surface area contributed by atoms with Gasteiger partial charge in [0.25, 0.3) is 0 Å². The van der Waals surface area contributed by atoms with Gasteiger partial charge in [-0.15, -0.1) is 0 Å². The third-order valence-corrected chi connectivity index (χ3v) is 5.29. The molecule has 1 aliphatic rings. The minimum Gasteiger partial charge on any atom is -0.393 e. The van der Waals surface area contributed by atoms with Crippen LogP contribution < -0.4 is 10.2 Å². The molecule has 1 aliphatic heterocycles. The molecule has 2 aromatic rings. The molecule has 3 rings (SSSR count). The Hall–Kier alpha value is -0.950. The summed E-state index contributed by atoms with van der Waals surface area (Å²) < 4.78 is 0. The summed E-state index contributed by atoms with van der Waals surface area (Å²) in [5.74, 6) is 0. The zero-order valence-corrected chi connectivity index (χ0v) is 15.0. The first-order chi connectivity index (χ1) is 11.0. The van der Waals surface area contributed by atoms with Gasteiger partial charge in [-0.1, -0.05) is 30.3 Å². The molecule has 1 aromatic carbocycles. The molecule has 0 bridgehead atoms. The molecule has 5 nitrogen and oxygen atoms in total. The van der Waals surface area contributed by atoms with Crippen molar-refractivity contribution in [2.24, 2.45) is 0 Å². The van der Waals surface area contributed by atoms with Crippen molar-refractivity contribution < 1.29 is 5.11 Å². The summed E-state index contributed by atoms with van der Waals surface area (Å²) in [6, 6.07) is 4.04. The number of anilines is 1. The zero-order valence-electron chi connectivity index (χ0n) is 13.5. The fourth-order valence-corrected chi connectivity index (χ4v) is 4.28. The lowest BCUT2D eigenvalue weighted by Gasteiger charge is -2.30. The van der Waals surface area contributed by atoms with Gasteiger partial charge in [0.2, 0.25) is 0 Å². The molecule has 3 N–H and O–H groups in total. The number of aromatic nitrogens is 2. The Kier molecular flexibility index (Phi) is 5.36. The molecular weight excluding hydrogens is 332 g/mol. The number of benzene rings is 1. The van der Waals surface area contributed by atoms with Gasteiger partial charge in [-0.05, 0) is 25.5 Å². The molecule has 0 saturated carbocycles. The van der Waals surface area contributed by atoms with Crippen LogP contribution >= 0.6 is 23.4 Å². The fourth-order valence-electron chi connectivity index (χ4n) is 2.92. The highest BCUT2D eigenvalue weighted by Gasteiger charge is 2.17. The number of nitrogens with one attached hydrogen (secondary N) is 2. The van der Waals surface area contributed by atoms with Crippen LogP contribution in [0.25, 0.3) is 11.0 Å². The maximum absolute atomic E-state index is 9.49. The summed E-state index contributed by atoms with van der Waals surface area (Å²) in [5, 5.41) is 14.8. The summed E-state index contributed by atoms with van der Waals surface area (Å²) in [6.07, 6.45) is 0.449. The van der Waals surface area contributed by atoms with Gasteiger partial charge in [-0.2, -0.15) is 0 Å². The molecular formula is C16H23ClN4OS. The summed E-state index contributed by atoms with van der Waals surface area (Å²) in [5.41, 5.74) is 2.95. The number of nitrogens with zero attached hydrogens (tertiary/aromatic N) is 2. The molecule has 126 valence electrons. The lowest BCUT2D eigenvalue weighted by molar-refractivity contribution is 0.185. The number of hydrogen-bond acceptors (Lipinski definition) is 5. The molecule has 1 fully saturated rings. The van der Waals surface area contributed by atoms with Gasteiger partial charge >= 0.3 is 0 Å². The monoisotopic (exact) mass is 354 g/mol. The second-order valence-corrected chi connectivity index (χ2v) is 7.95. The Morgan fingerprint density at radius 2 is 2.09 bits per heavy atom. The highest BCUT2D eigenvalue weighted by Crippen LogP contribution is 2.32. The smallest absolute Gasteiger partial charge is 0.166 e. The second-order valence-electron chi connectivity index (χ2n) is 6.11. The number of rotatable bonds is 5. The number of H-pyrrole nitrogens is 1. The van der Waals surface area contributed by atoms with Crippen molar-refractivity contribution in [3.63, 3.8) is 0 Å². The molecule has 0 aliphatic carbocycles. The highest BCUT2D eigenvalue weighted by molar-refractivity contribution is 7.99. The van der Waals surface area contributed by atoms with Crippen molar-refractivity contribution in [1.82, 2.24) is 15.3 Å². The first-order valence-electron chi connectivity index (χ1n) is 8.02. The first-order valence-corrected chi connectivity index (χ1v) is 9.28. The molecule has 7 heteroatoms. The number of aliphatic hydroxyl groups excluding tert-OH is 1. The second kappa shape index (κ2) is 7.30. The normalized spacial score (nSPS) is 18.3. The van der Waals surface area contributed by atoms with Crippen molar-refractivity contribution >= 4 is 40.1 Å². The van der Waals surface area contributed by atoms with Crippen molar-refractivity contribution in [3.05, 3.63) is 17.2 Å². The minimum absolute atomic E-state index is 0.296. The molecule has 1 saturated heterocycles. The van der Waals surface area contributed by atoms with Crippen LogP contribution in [-0.2, 0) is 0 Å². The van der Waals surface area contributed by atoms with Crippen LogP contribution in [0.3, 0.4) is 0 Å². The van der Waals surface area contributed by atoms with Crippen LogP contribution in [0.5, 0.6) is 0 Å². The molecule has 2 atom stereocenters. The summed E-state index contributed by atoms with van der Waals surface area (Å²) in [4.78, 5) is 10.3. The Morgan fingerprint density at radius 1 is 1.35 bits per heavy atom. The van der Waals surface area contributed by atoms with E-state index in [-0.39, 0.29) is 6.10 Å². The van der Waals surface area contributed by atoms with E-state index >= 15 is 0 Å². The van der Waals surface area contributed by atoms with E-state index in [4.69, 9.17) is 11.6 Å². The maximum atomic E-state index is 9.49. The van der Waals surface area contributed by atoms with E-state index in [1.807, 2.05) is 13.0 Å². The van der Waals surface area contributed by atoms with Crippen LogP contribution in [0, 0.1) is 0 Å². The van der Waals surface area contributed by atoms with Gasteiger partial charge in [0.05, 0.1) is 27.8 Å². The Morgan fingerprint density at radius 3 is 2.78 bits per heavy atom. The number of imidazole rings is 1. The third-order valence-electron chi connectivity index (χ3n) is 3.97. The quantitative estimate of drug-likeness (QED) is 0.720. The number of halogens is 1. The SMILES string of the molecule is C[C@H](O)C[C@@H](C)Sc1nc2cc(N3CCNCC3)c(Cl)cc2[nH]1. The molecule has 0 radical (unpaired) electrons. The summed E-state index contributed by atoms with van der Waals surface area (Å²) in [6.45, 7) is 7.80. The average Bonchev–Trinajstić information content (AvgIpc) is 2.87. The Labute approximate surface area is 145 Å². The van der Waals surface area contributed by atoms with Crippen molar-refractivity contribution in [3.8, 4) is 0 Å². The van der Waals surface area contributed by atoms with E-state index in [0.717, 1.165) is 59.5 Å². The standard InChI is InChI=1S/C16H23ClN4OS/c1-10(22)7-11(2)23-16-19-13-8-12(17)15(9-14(13)20-16)21-5-3-18-4-6-21/h8-11,18,22H,3-7H2,1-2H3,(H,19,20)/t10-,11+/m0/s1. The molecule has 0 spiro atoms. The van der Waals surface area contributed by atoms with E-state index in [2.05, 4.69) is 33.2 Å². The van der Waals surface area contributed by atoms with E-state index in [1.165, 1.54) is 0 Å². The minimum atomic E-state index is -0.296. The third kappa shape index (κ3) is 4.12. The summed E-state index contributed by atoms with van der Waals surface area (Å²) in [7, 11) is 0. The van der Waals surface area contributed by atoms with Crippen LogP contribution in [0.2, 0.25) is 5.02 Å². The number of hydrogen-bond donors (Lipinski definition) is 3. The van der Waals surface area contributed by atoms with Gasteiger partial charge in [0.1, 0.15) is 0 Å². The van der Waals surface area contributed by atoms with Crippen LogP contribution in [0.15, 0.2) is 17.3 Å². The lowest BCUT2D eigenvalue weighted by atomic mass is 10.2. The number of aromatic amines is 1. The maximum Gasteiger partial charge on any atom is 0.166 e. The number of thioether (sulfide) groups is 1. The fraction of sp³-hybridized carbons (Fsp3) is 0.562. The lowest BCUT2D eigenvalue weighted by Crippen LogP contribution is -2.43. The predicted molar refractivity (Wildman–Crippen MR) is 97.8 cm³/mol. The largest absolute Gasteiger partial charge is 0.393 e.